The standard InChI is InChI=1S/C23H16Cl2O3S2/c1-11-7-13(24)9-17(26)19(11)15-3-5-29-22(15)21(28)23-16(4-6-30-23)20-12(2)8-14(25)10-18(20)27/h3-10,26-27H,1-2H3. The Bertz CT molecular complexity index is 1140. The topological polar surface area (TPSA) is 57.5 Å². The van der Waals surface area contributed by atoms with Gasteiger partial charge in [0.15, 0.2) is 0 Å². The van der Waals surface area contributed by atoms with E-state index in [1.807, 2.05) is 36.7 Å². The van der Waals surface area contributed by atoms with Crippen molar-refractivity contribution in [3.63, 3.8) is 0 Å². The second kappa shape index (κ2) is 8.08. The smallest absolute Gasteiger partial charge is 0.214 e. The summed E-state index contributed by atoms with van der Waals surface area (Å²) in [5.41, 5.74) is 4.07. The van der Waals surface area contributed by atoms with Gasteiger partial charge in [-0.05, 0) is 72.1 Å². The Kier molecular flexibility index (Phi) is 5.64. The SMILES string of the molecule is Cc1cc(Cl)cc(O)c1-c1ccsc1C(=O)c1sccc1-c1c(C)cc(Cl)cc1O. The average Bonchev–Trinajstić information content (AvgIpc) is 3.29. The lowest BCUT2D eigenvalue weighted by Crippen LogP contribution is -2.01. The maximum absolute atomic E-state index is 13.5. The Morgan fingerprint density at radius 1 is 0.767 bits per heavy atom. The highest BCUT2D eigenvalue weighted by Crippen LogP contribution is 2.43. The van der Waals surface area contributed by atoms with Crippen molar-refractivity contribution in [1.29, 1.82) is 0 Å². The van der Waals surface area contributed by atoms with Crippen molar-refractivity contribution in [3.8, 4) is 33.8 Å². The molecule has 2 aromatic carbocycles. The molecule has 30 heavy (non-hydrogen) atoms. The Labute approximate surface area is 191 Å². The molecule has 0 aliphatic rings. The minimum atomic E-state index is -0.160. The van der Waals surface area contributed by atoms with E-state index in [-0.39, 0.29) is 17.3 Å². The summed E-state index contributed by atoms with van der Waals surface area (Å²) in [6.45, 7) is 3.69. The van der Waals surface area contributed by atoms with E-state index in [0.29, 0.717) is 42.1 Å². The summed E-state index contributed by atoms with van der Waals surface area (Å²) in [6.07, 6.45) is 0. The van der Waals surface area contributed by atoms with Gasteiger partial charge in [-0.25, -0.2) is 0 Å². The van der Waals surface area contributed by atoms with Crippen LogP contribution in [-0.2, 0) is 0 Å². The largest absolute Gasteiger partial charge is 0.507 e. The molecular formula is C23H16Cl2O3S2. The molecular weight excluding hydrogens is 459 g/mol. The van der Waals surface area contributed by atoms with E-state index in [4.69, 9.17) is 23.2 Å². The van der Waals surface area contributed by atoms with E-state index in [1.54, 1.807) is 12.1 Å². The van der Waals surface area contributed by atoms with Gasteiger partial charge in [-0.2, -0.15) is 0 Å². The molecule has 0 radical (unpaired) electrons. The molecule has 0 unspecified atom stereocenters. The number of carbonyl (C=O) groups excluding carboxylic acids is 1. The fourth-order valence-corrected chi connectivity index (χ4v) is 5.91. The van der Waals surface area contributed by atoms with Crippen LogP contribution in [0.5, 0.6) is 11.5 Å². The molecule has 4 rings (SSSR count). The Hall–Kier alpha value is -2.31. The van der Waals surface area contributed by atoms with E-state index in [1.165, 1.54) is 34.8 Å². The maximum Gasteiger partial charge on any atom is 0.214 e. The molecule has 2 aromatic heterocycles. The molecule has 7 heteroatoms. The summed E-state index contributed by atoms with van der Waals surface area (Å²) in [5, 5.41) is 25.5. The van der Waals surface area contributed by atoms with Gasteiger partial charge in [-0.15, -0.1) is 22.7 Å². The molecule has 0 aliphatic carbocycles. The van der Waals surface area contributed by atoms with Crippen LogP contribution in [0.3, 0.4) is 0 Å². The number of carbonyl (C=O) groups is 1. The third-order valence-electron chi connectivity index (χ3n) is 4.84. The Morgan fingerprint density at radius 2 is 1.17 bits per heavy atom. The van der Waals surface area contributed by atoms with Crippen molar-refractivity contribution in [3.05, 3.63) is 78.1 Å². The monoisotopic (exact) mass is 474 g/mol. The van der Waals surface area contributed by atoms with Crippen molar-refractivity contribution in [1.82, 2.24) is 0 Å². The first kappa shape index (κ1) is 20.9. The summed E-state index contributed by atoms with van der Waals surface area (Å²) < 4.78 is 0. The van der Waals surface area contributed by atoms with Crippen LogP contribution in [0.2, 0.25) is 10.0 Å². The van der Waals surface area contributed by atoms with Gasteiger partial charge in [-0.3, -0.25) is 4.79 Å². The number of aryl methyl sites for hydroxylation is 2. The van der Waals surface area contributed by atoms with Gasteiger partial charge in [0.25, 0.3) is 0 Å². The van der Waals surface area contributed by atoms with Crippen LogP contribution >= 0.6 is 45.9 Å². The number of aromatic hydroxyl groups is 2. The number of rotatable bonds is 4. The summed E-state index contributed by atoms with van der Waals surface area (Å²) in [5.74, 6) is -0.0948. The van der Waals surface area contributed by atoms with Crippen LogP contribution in [0.25, 0.3) is 22.3 Å². The van der Waals surface area contributed by atoms with Crippen LogP contribution in [0.15, 0.2) is 47.2 Å². The highest BCUT2D eigenvalue weighted by molar-refractivity contribution is 7.16. The van der Waals surface area contributed by atoms with Crippen molar-refractivity contribution < 1.29 is 15.0 Å². The zero-order valence-electron chi connectivity index (χ0n) is 16.0. The number of phenolic OH excluding ortho intramolecular Hbond substituents is 2. The zero-order chi connectivity index (χ0) is 21.6. The van der Waals surface area contributed by atoms with Gasteiger partial charge >= 0.3 is 0 Å². The lowest BCUT2D eigenvalue weighted by Gasteiger charge is -2.12. The van der Waals surface area contributed by atoms with Gasteiger partial charge in [0, 0.05) is 32.3 Å². The summed E-state index contributed by atoms with van der Waals surface area (Å²) in [7, 11) is 0. The van der Waals surface area contributed by atoms with Crippen LogP contribution in [0.4, 0.5) is 0 Å². The molecule has 0 saturated carbocycles. The zero-order valence-corrected chi connectivity index (χ0v) is 19.1. The molecule has 0 atom stereocenters. The second-order valence-electron chi connectivity index (χ2n) is 6.89. The minimum absolute atomic E-state index is 0.0324. The number of benzene rings is 2. The molecule has 4 aromatic rings. The van der Waals surface area contributed by atoms with E-state index in [0.717, 1.165) is 11.1 Å². The highest BCUT2D eigenvalue weighted by atomic mass is 35.5. The van der Waals surface area contributed by atoms with Crippen LogP contribution in [-0.4, -0.2) is 16.0 Å². The minimum Gasteiger partial charge on any atom is -0.507 e. The number of thiophene rings is 2. The maximum atomic E-state index is 13.5. The second-order valence-corrected chi connectivity index (χ2v) is 9.59. The van der Waals surface area contributed by atoms with Crippen LogP contribution in [0, 0.1) is 13.8 Å². The first-order valence-corrected chi connectivity index (χ1v) is 11.5. The normalized spacial score (nSPS) is 11.1. The van der Waals surface area contributed by atoms with Crippen molar-refractivity contribution in [2.45, 2.75) is 13.8 Å². The average molecular weight is 475 g/mol. The van der Waals surface area contributed by atoms with Crippen molar-refractivity contribution >= 4 is 51.7 Å². The van der Waals surface area contributed by atoms with Gasteiger partial charge in [-0.1, -0.05) is 23.2 Å². The number of hydrogen-bond donors (Lipinski definition) is 2. The van der Waals surface area contributed by atoms with Gasteiger partial charge in [0.05, 0.1) is 9.75 Å². The first-order valence-electron chi connectivity index (χ1n) is 8.96. The van der Waals surface area contributed by atoms with Gasteiger partial charge in [0.2, 0.25) is 5.78 Å². The Morgan fingerprint density at radius 3 is 1.53 bits per heavy atom. The summed E-state index contributed by atoms with van der Waals surface area (Å²) in [6, 6.07) is 10.1. The van der Waals surface area contributed by atoms with Crippen molar-refractivity contribution in [2.24, 2.45) is 0 Å². The fraction of sp³-hybridized carbons (Fsp3) is 0.0870. The fourth-order valence-electron chi connectivity index (χ4n) is 3.62. The van der Waals surface area contributed by atoms with Gasteiger partial charge < -0.3 is 10.2 Å². The predicted molar refractivity (Wildman–Crippen MR) is 126 cm³/mol. The van der Waals surface area contributed by atoms with E-state index < -0.39 is 0 Å². The third kappa shape index (κ3) is 3.63. The van der Waals surface area contributed by atoms with Crippen molar-refractivity contribution in [2.75, 3.05) is 0 Å². The lowest BCUT2D eigenvalue weighted by molar-refractivity contribution is 0.104. The predicted octanol–water partition coefficient (Wildman–Crippen LogP) is 7.71. The molecule has 0 bridgehead atoms. The molecule has 0 aliphatic heterocycles. The van der Waals surface area contributed by atoms with Crippen LogP contribution in [0.1, 0.15) is 25.7 Å². The van der Waals surface area contributed by atoms with E-state index in [9.17, 15) is 15.0 Å². The Balaban J connectivity index is 1.84. The lowest BCUT2D eigenvalue weighted by atomic mass is 9.96. The number of phenols is 2. The molecule has 2 heterocycles. The third-order valence-corrected chi connectivity index (χ3v) is 7.10. The number of halogens is 2. The molecule has 3 nitrogen and oxygen atoms in total. The molecule has 0 amide bonds. The van der Waals surface area contributed by atoms with E-state index >= 15 is 0 Å². The van der Waals surface area contributed by atoms with Crippen LogP contribution < -0.4 is 0 Å². The quantitative estimate of drug-likeness (QED) is 0.297. The molecule has 0 fully saturated rings. The molecule has 2 N–H and O–H groups in total. The molecule has 0 spiro atoms. The number of hydrogen-bond acceptors (Lipinski definition) is 5. The van der Waals surface area contributed by atoms with Gasteiger partial charge in [0.1, 0.15) is 11.5 Å². The number of ketones is 1. The molecule has 152 valence electrons. The summed E-state index contributed by atoms with van der Waals surface area (Å²) >= 11 is 14.7. The highest BCUT2D eigenvalue weighted by Gasteiger charge is 2.25. The molecule has 0 saturated heterocycles. The summed E-state index contributed by atoms with van der Waals surface area (Å²) in [4.78, 5) is 14.6. The van der Waals surface area contributed by atoms with E-state index in [2.05, 4.69) is 0 Å². The first-order chi connectivity index (χ1) is 14.3.